The van der Waals surface area contributed by atoms with Gasteiger partial charge < -0.3 is 4.74 Å². The van der Waals surface area contributed by atoms with Crippen LogP contribution in [0.4, 0.5) is 0 Å². The molecule has 8 nitrogen and oxygen atoms in total. The maximum absolute atomic E-state index is 12.4. The van der Waals surface area contributed by atoms with Crippen molar-refractivity contribution in [3.05, 3.63) is 35.5 Å². The third-order valence-corrected chi connectivity index (χ3v) is 7.41. The molecule has 176 valence electrons. The smallest absolute Gasteiger partial charge is 0.374 e. The van der Waals surface area contributed by atoms with Crippen molar-refractivity contribution in [3.8, 4) is 0 Å². The van der Waals surface area contributed by atoms with Gasteiger partial charge in [-0.1, -0.05) is 29.9 Å². The maximum atomic E-state index is 12.4. The summed E-state index contributed by atoms with van der Waals surface area (Å²) in [6.45, 7) is 12.2. The zero-order valence-electron chi connectivity index (χ0n) is 19.3. The van der Waals surface area contributed by atoms with Crippen molar-refractivity contribution < 1.29 is 36.3 Å². The molecule has 0 rings (SSSR count). The van der Waals surface area contributed by atoms with Crippen molar-refractivity contribution >= 4 is 15.6 Å². The number of hydrogen-bond acceptors (Lipinski definition) is 8. The van der Waals surface area contributed by atoms with E-state index in [0.717, 1.165) is 47.0 Å². The highest BCUT2D eigenvalue weighted by molar-refractivity contribution is 7.62. The number of ether oxygens (including phenoxy) is 1. The minimum atomic E-state index is -4.14. The molecule has 0 fully saturated rings. The van der Waals surface area contributed by atoms with E-state index in [1.165, 1.54) is 11.1 Å². The van der Waals surface area contributed by atoms with E-state index in [9.17, 15) is 9.13 Å². The van der Waals surface area contributed by atoms with Crippen molar-refractivity contribution in [3.63, 3.8) is 0 Å². The summed E-state index contributed by atoms with van der Waals surface area (Å²) in [7, 11) is -4.87. The fourth-order valence-corrected chi connectivity index (χ4v) is 4.75. The largest absolute Gasteiger partial charge is 0.483 e. The van der Waals surface area contributed by atoms with Crippen molar-refractivity contribution in [2.75, 3.05) is 34.5 Å². The monoisotopic (exact) mass is 468 g/mol. The Morgan fingerprint density at radius 3 is 2.07 bits per heavy atom. The van der Waals surface area contributed by atoms with Gasteiger partial charge in [0.05, 0.1) is 19.3 Å². The van der Waals surface area contributed by atoms with Crippen LogP contribution < -0.4 is 0 Å². The summed E-state index contributed by atoms with van der Waals surface area (Å²) in [6.07, 6.45) is 8.45. The second-order valence-corrected chi connectivity index (χ2v) is 10.9. The Bertz CT molecular complexity index is 660. The number of phosphoric acid groups is 2. The van der Waals surface area contributed by atoms with E-state index in [1.54, 1.807) is 0 Å². The Kier molecular flexibility index (Phi) is 15.0. The van der Waals surface area contributed by atoms with E-state index >= 15 is 0 Å². The Morgan fingerprint density at radius 2 is 1.53 bits per heavy atom. The van der Waals surface area contributed by atoms with Crippen LogP contribution >= 0.6 is 15.6 Å². The highest BCUT2D eigenvalue weighted by atomic mass is 31.3. The number of phosphoric ester groups is 2. The molecule has 0 aliphatic carbocycles. The van der Waals surface area contributed by atoms with E-state index in [1.807, 2.05) is 6.92 Å². The minimum absolute atomic E-state index is 0.0243. The van der Waals surface area contributed by atoms with Crippen molar-refractivity contribution in [1.29, 1.82) is 0 Å². The molecular weight excluding hydrogens is 430 g/mol. The summed E-state index contributed by atoms with van der Waals surface area (Å²) in [5, 5.41) is 0. The van der Waals surface area contributed by atoms with E-state index in [2.05, 4.69) is 48.5 Å². The third kappa shape index (κ3) is 13.7. The lowest BCUT2D eigenvalue weighted by molar-refractivity contribution is 0.0720. The fourth-order valence-electron chi connectivity index (χ4n) is 2.18. The van der Waals surface area contributed by atoms with E-state index in [4.69, 9.17) is 18.1 Å². The van der Waals surface area contributed by atoms with Crippen LogP contribution in [0, 0.1) is 0 Å². The summed E-state index contributed by atoms with van der Waals surface area (Å²) in [5.74, 6) is 0. The van der Waals surface area contributed by atoms with Crippen molar-refractivity contribution in [2.45, 2.75) is 59.5 Å². The van der Waals surface area contributed by atoms with Gasteiger partial charge in [-0.3, -0.25) is 18.1 Å². The van der Waals surface area contributed by atoms with Gasteiger partial charge in [-0.15, -0.1) is 0 Å². The van der Waals surface area contributed by atoms with Crippen LogP contribution in [0.2, 0.25) is 0 Å². The van der Waals surface area contributed by atoms with Gasteiger partial charge in [-0.2, -0.15) is 4.31 Å². The molecular formula is C20H38O8P2. The predicted octanol–water partition coefficient (Wildman–Crippen LogP) is 6.61. The van der Waals surface area contributed by atoms with Gasteiger partial charge in [0.15, 0.2) is 0 Å². The van der Waals surface area contributed by atoms with Crippen molar-refractivity contribution in [1.82, 2.24) is 0 Å². The van der Waals surface area contributed by atoms with Gasteiger partial charge in [-0.25, -0.2) is 9.13 Å². The molecule has 30 heavy (non-hydrogen) atoms. The zero-order chi connectivity index (χ0) is 23.2. The highest BCUT2D eigenvalue weighted by Gasteiger charge is 2.38. The predicted molar refractivity (Wildman–Crippen MR) is 119 cm³/mol. The van der Waals surface area contributed by atoms with Gasteiger partial charge in [0, 0.05) is 21.3 Å². The second kappa shape index (κ2) is 15.3. The van der Waals surface area contributed by atoms with Gasteiger partial charge in [-0.05, 0) is 59.0 Å². The SMILES string of the molecule is C=C(COC(C)CC/C=C(\C)CCC=C(C)C)COP(=O)(OC)OP(=O)(OC)OC. The lowest BCUT2D eigenvalue weighted by atomic mass is 10.1. The lowest BCUT2D eigenvalue weighted by Gasteiger charge is -2.20. The van der Waals surface area contributed by atoms with Crippen LogP contribution in [0.15, 0.2) is 35.5 Å². The molecule has 0 aliphatic heterocycles. The van der Waals surface area contributed by atoms with Crippen molar-refractivity contribution in [2.24, 2.45) is 0 Å². The van der Waals surface area contributed by atoms with Crippen LogP contribution in [0.25, 0.3) is 0 Å². The first kappa shape index (κ1) is 29.4. The molecule has 0 saturated carbocycles. The van der Waals surface area contributed by atoms with E-state index < -0.39 is 15.6 Å². The molecule has 2 unspecified atom stereocenters. The molecule has 0 aliphatic rings. The lowest BCUT2D eigenvalue weighted by Crippen LogP contribution is -2.12. The summed E-state index contributed by atoms with van der Waals surface area (Å²) in [4.78, 5) is 0. The summed E-state index contributed by atoms with van der Waals surface area (Å²) in [5.41, 5.74) is 3.24. The molecule has 0 aromatic rings. The second-order valence-electron chi connectivity index (χ2n) is 7.12. The highest BCUT2D eigenvalue weighted by Crippen LogP contribution is 2.65. The first-order valence-electron chi connectivity index (χ1n) is 9.79. The molecule has 0 saturated heterocycles. The molecule has 0 bridgehead atoms. The van der Waals surface area contributed by atoms with Gasteiger partial charge in [0.25, 0.3) is 0 Å². The normalized spacial score (nSPS) is 15.5. The molecule has 10 heteroatoms. The Morgan fingerprint density at radius 1 is 0.933 bits per heavy atom. The standard InChI is InChI=1S/C20H38O8P2/c1-17(2)11-9-12-18(3)13-10-14-20(5)26-15-19(4)16-27-30(22,25-8)28-29(21,23-6)24-7/h11,13,20H,4,9-10,12,14-16H2,1-3,5-8H3/b18-13+. The topological polar surface area (TPSA) is 89.5 Å². The summed E-state index contributed by atoms with van der Waals surface area (Å²) in [6, 6.07) is 0. The molecule has 0 spiro atoms. The van der Waals surface area contributed by atoms with Gasteiger partial charge >= 0.3 is 15.6 Å². The number of hydrogen-bond donors (Lipinski definition) is 0. The quantitative estimate of drug-likeness (QED) is 0.174. The Labute approximate surface area is 181 Å². The third-order valence-electron chi connectivity index (χ3n) is 4.03. The van der Waals surface area contributed by atoms with Crippen LogP contribution in [-0.2, 0) is 36.3 Å². The fraction of sp³-hybridized carbons (Fsp3) is 0.700. The van der Waals surface area contributed by atoms with E-state index in [0.29, 0.717) is 5.57 Å². The van der Waals surface area contributed by atoms with Crippen LogP contribution in [-0.4, -0.2) is 40.6 Å². The van der Waals surface area contributed by atoms with E-state index in [-0.39, 0.29) is 19.3 Å². The van der Waals surface area contributed by atoms with Crippen LogP contribution in [0.3, 0.4) is 0 Å². The summed E-state index contributed by atoms with van der Waals surface area (Å²) < 4.78 is 53.9. The molecule has 2 atom stereocenters. The zero-order valence-corrected chi connectivity index (χ0v) is 21.1. The molecule has 0 heterocycles. The molecule has 0 radical (unpaired) electrons. The molecule has 0 amide bonds. The first-order valence-corrected chi connectivity index (χ1v) is 12.7. The molecule has 0 aromatic heterocycles. The number of rotatable bonds is 17. The average Bonchev–Trinajstić information content (AvgIpc) is 2.70. The number of allylic oxidation sites excluding steroid dienone is 4. The molecule has 0 aromatic carbocycles. The van der Waals surface area contributed by atoms with Gasteiger partial charge in [0.2, 0.25) is 0 Å². The van der Waals surface area contributed by atoms with Crippen LogP contribution in [0.1, 0.15) is 53.4 Å². The summed E-state index contributed by atoms with van der Waals surface area (Å²) >= 11 is 0. The average molecular weight is 468 g/mol. The Balaban J connectivity index is 4.30. The maximum Gasteiger partial charge on any atom is 0.483 e. The molecule has 0 N–H and O–H groups in total. The van der Waals surface area contributed by atoms with Crippen LogP contribution in [0.5, 0.6) is 0 Å². The minimum Gasteiger partial charge on any atom is -0.374 e. The van der Waals surface area contributed by atoms with Gasteiger partial charge in [0.1, 0.15) is 0 Å². The first-order chi connectivity index (χ1) is 14.0. The Hall–Kier alpha value is -0.560.